The van der Waals surface area contributed by atoms with E-state index >= 15 is 0 Å². The predicted octanol–water partition coefficient (Wildman–Crippen LogP) is 7.71. The van der Waals surface area contributed by atoms with Crippen molar-refractivity contribution in [3.63, 3.8) is 0 Å². The molecule has 0 aliphatic rings. The van der Waals surface area contributed by atoms with Crippen LogP contribution in [0.15, 0.2) is 140 Å². The maximum absolute atomic E-state index is 2.28. The van der Waals surface area contributed by atoms with Gasteiger partial charge in [0.15, 0.2) is 0 Å². The molecule has 0 atom stereocenters. The van der Waals surface area contributed by atoms with Gasteiger partial charge in [-0.25, -0.2) is 36.4 Å². The first kappa shape index (κ1) is 26.4. The molecule has 5 rings (SSSR count). The summed E-state index contributed by atoms with van der Waals surface area (Å²) in [7, 11) is 0. The minimum Gasteiger partial charge on any atom is -0.214 e. The molecular weight excluding hydrogens is 460 g/mol. The van der Waals surface area contributed by atoms with Crippen LogP contribution in [0.5, 0.6) is 0 Å². The summed E-state index contributed by atoms with van der Waals surface area (Å²) in [5.41, 5.74) is 5.29. The van der Waals surface area contributed by atoms with Crippen molar-refractivity contribution in [2.75, 3.05) is 0 Å². The summed E-state index contributed by atoms with van der Waals surface area (Å²) in [6.07, 6.45) is 3.25. The van der Waals surface area contributed by atoms with E-state index in [1.807, 2.05) is 60.7 Å². The van der Waals surface area contributed by atoms with Gasteiger partial charge in [-0.15, -0.1) is 29.3 Å². The molecule has 0 radical (unpaired) electrons. The maximum Gasteiger partial charge on any atom is 2.00 e. The van der Waals surface area contributed by atoms with Crippen LogP contribution >= 0.6 is 0 Å². The summed E-state index contributed by atoms with van der Waals surface area (Å²) in [5, 5.41) is 0. The van der Waals surface area contributed by atoms with Gasteiger partial charge in [0.25, 0.3) is 0 Å². The minimum atomic E-state index is 0. The molecule has 0 bridgehead atoms. The molecule has 0 saturated carbocycles. The Hall–Kier alpha value is -2.60. The monoisotopic (exact) mass is 486 g/mol. The third-order valence-electron chi connectivity index (χ3n) is 4.41. The topological polar surface area (TPSA) is 0 Å². The van der Waals surface area contributed by atoms with Crippen LogP contribution in [0.25, 0.3) is 11.6 Å². The molecule has 0 unspecified atom stereocenters. The average molecular weight is 486 g/mol. The normalized spacial score (nSPS) is 9.74. The summed E-state index contributed by atoms with van der Waals surface area (Å²) >= 11 is 0. The van der Waals surface area contributed by atoms with E-state index in [4.69, 9.17) is 0 Å². The van der Waals surface area contributed by atoms with Gasteiger partial charge >= 0.3 is 34.1 Å². The Morgan fingerprint density at radius 2 is 1.10 bits per heavy atom. The van der Waals surface area contributed by atoms with Crippen molar-refractivity contribution in [3.8, 4) is 0 Å². The Labute approximate surface area is 207 Å². The molecule has 0 aliphatic carbocycles. The minimum absolute atomic E-state index is 0. The van der Waals surface area contributed by atoms with Gasteiger partial charge in [0.2, 0.25) is 0 Å². The Morgan fingerprint density at radius 1 is 0.613 bits per heavy atom. The zero-order valence-electron chi connectivity index (χ0n) is 17.3. The van der Waals surface area contributed by atoms with Gasteiger partial charge in [-0.1, -0.05) is 42.3 Å². The molecule has 0 aliphatic heterocycles. The molecule has 2 heteroatoms. The molecule has 0 aromatic heterocycles. The molecule has 0 spiro atoms. The first-order valence-corrected chi connectivity index (χ1v) is 9.93. The standard InChI is InChI=1S/C19H16.2C5H5.2Fe/c1-2-12-18(13-3-1)19(14-16-8-4-5-9-16)15-17-10-6-7-11-17;2*1-2-4-5-3-1;;/h1-14H,15H2;2*1-5H;;/q-2;2*-1;2*+2/b19-14-;;;;. The van der Waals surface area contributed by atoms with E-state index in [-0.39, 0.29) is 34.1 Å². The second kappa shape index (κ2) is 16.1. The van der Waals surface area contributed by atoms with E-state index in [9.17, 15) is 0 Å². The number of hydrogen-bond acceptors (Lipinski definition) is 0. The number of rotatable bonds is 4. The molecule has 31 heavy (non-hydrogen) atoms. The Morgan fingerprint density at radius 3 is 1.55 bits per heavy atom. The predicted molar refractivity (Wildman–Crippen MR) is 126 cm³/mol. The number of hydrogen-bond donors (Lipinski definition) is 0. The quantitative estimate of drug-likeness (QED) is 0.180. The molecule has 158 valence electrons. The molecule has 0 N–H and O–H groups in total. The van der Waals surface area contributed by atoms with Crippen molar-refractivity contribution in [2.24, 2.45) is 0 Å². The molecule has 5 aromatic carbocycles. The fourth-order valence-electron chi connectivity index (χ4n) is 2.97. The molecule has 0 nitrogen and oxygen atoms in total. The molecule has 0 fully saturated rings. The van der Waals surface area contributed by atoms with Crippen LogP contribution in [0.2, 0.25) is 0 Å². The summed E-state index contributed by atoms with van der Waals surface area (Å²) < 4.78 is 0. The van der Waals surface area contributed by atoms with E-state index in [1.54, 1.807) is 0 Å². The molecule has 0 heterocycles. The van der Waals surface area contributed by atoms with Gasteiger partial charge in [-0.2, -0.15) is 66.2 Å². The zero-order chi connectivity index (χ0) is 20.0. The largest absolute Gasteiger partial charge is 2.00 e. The van der Waals surface area contributed by atoms with Gasteiger partial charge in [0.05, 0.1) is 0 Å². The van der Waals surface area contributed by atoms with E-state index in [2.05, 4.69) is 84.9 Å². The zero-order valence-corrected chi connectivity index (χ0v) is 19.5. The summed E-state index contributed by atoms with van der Waals surface area (Å²) in [4.78, 5) is 0. The fourth-order valence-corrected chi connectivity index (χ4v) is 2.97. The smallest absolute Gasteiger partial charge is 0.214 e. The van der Waals surface area contributed by atoms with Crippen LogP contribution < -0.4 is 0 Å². The van der Waals surface area contributed by atoms with Crippen molar-refractivity contribution < 1.29 is 34.1 Å². The molecule has 0 saturated heterocycles. The van der Waals surface area contributed by atoms with E-state index in [1.165, 1.54) is 22.3 Å². The van der Waals surface area contributed by atoms with Crippen molar-refractivity contribution in [2.45, 2.75) is 6.42 Å². The van der Waals surface area contributed by atoms with E-state index in [0.29, 0.717) is 0 Å². The Kier molecular flexibility index (Phi) is 13.8. The fraction of sp³-hybridized carbons (Fsp3) is 0.0345. The Balaban J connectivity index is 0.000000331. The van der Waals surface area contributed by atoms with Gasteiger partial charge < -0.3 is 0 Å². The van der Waals surface area contributed by atoms with Crippen LogP contribution in [-0.4, -0.2) is 0 Å². The van der Waals surface area contributed by atoms with Crippen LogP contribution in [-0.2, 0) is 40.6 Å². The van der Waals surface area contributed by atoms with Gasteiger partial charge in [-0.05, 0) is 0 Å². The molecular formula is C29H26Fe2. The van der Waals surface area contributed by atoms with Gasteiger partial charge in [-0.3, -0.25) is 0 Å². The molecule has 5 aromatic rings. The Bertz CT molecular complexity index is 926. The van der Waals surface area contributed by atoms with Gasteiger partial charge in [0.1, 0.15) is 0 Å². The van der Waals surface area contributed by atoms with Crippen LogP contribution in [0.4, 0.5) is 0 Å². The summed E-state index contributed by atoms with van der Waals surface area (Å²) in [6.45, 7) is 0. The van der Waals surface area contributed by atoms with Crippen molar-refractivity contribution in [1.82, 2.24) is 0 Å². The second-order valence-electron chi connectivity index (χ2n) is 6.65. The maximum atomic E-state index is 2.28. The SMILES string of the molecule is C(=C(\C[c-]1cccc1)c1ccccc1)/[c-]1cccc1.[Fe+2].[Fe+2].c1cc[cH-]c1.c1cc[cH-]c1. The van der Waals surface area contributed by atoms with E-state index < -0.39 is 0 Å². The van der Waals surface area contributed by atoms with Crippen molar-refractivity contribution in [1.29, 1.82) is 0 Å². The van der Waals surface area contributed by atoms with Crippen LogP contribution in [0, 0.1) is 0 Å². The van der Waals surface area contributed by atoms with Crippen molar-refractivity contribution >= 4 is 11.6 Å². The number of allylic oxidation sites excluding steroid dienone is 1. The third-order valence-corrected chi connectivity index (χ3v) is 4.41. The summed E-state index contributed by atoms with van der Waals surface area (Å²) in [5.74, 6) is 0. The van der Waals surface area contributed by atoms with E-state index in [0.717, 1.165) is 6.42 Å². The molecule has 0 amide bonds. The van der Waals surface area contributed by atoms with Crippen LogP contribution in [0.3, 0.4) is 0 Å². The first-order chi connectivity index (χ1) is 14.4. The van der Waals surface area contributed by atoms with Gasteiger partial charge in [0, 0.05) is 0 Å². The second-order valence-corrected chi connectivity index (χ2v) is 6.65. The third kappa shape index (κ3) is 10.3. The average Bonchev–Trinajstić information content (AvgIpc) is 3.58. The first-order valence-electron chi connectivity index (χ1n) is 9.93. The summed E-state index contributed by atoms with van der Waals surface area (Å²) in [6, 6.07) is 47.6. The van der Waals surface area contributed by atoms with Crippen molar-refractivity contribution in [3.05, 3.63) is 156 Å². The van der Waals surface area contributed by atoms with Crippen LogP contribution in [0.1, 0.15) is 16.7 Å². The number of benzene rings is 1.